The van der Waals surface area contributed by atoms with Crippen LogP contribution in [0.4, 0.5) is 5.69 Å². The van der Waals surface area contributed by atoms with Crippen LogP contribution in [-0.4, -0.2) is 28.7 Å². The molecule has 1 amide bonds. The van der Waals surface area contributed by atoms with Crippen molar-refractivity contribution >= 4 is 22.9 Å². The highest BCUT2D eigenvalue weighted by Crippen LogP contribution is 2.36. The molecule has 5 nitrogen and oxygen atoms in total. The first kappa shape index (κ1) is 12.3. The Morgan fingerprint density at radius 2 is 2.05 bits per heavy atom. The zero-order valence-electron chi connectivity index (χ0n) is 10.5. The van der Waals surface area contributed by atoms with Crippen LogP contribution in [0.25, 0.3) is 10.6 Å². The van der Waals surface area contributed by atoms with E-state index in [4.69, 9.17) is 0 Å². The van der Waals surface area contributed by atoms with Gasteiger partial charge in [0.2, 0.25) is 5.91 Å². The van der Waals surface area contributed by atoms with Crippen LogP contribution in [0.2, 0.25) is 0 Å². The van der Waals surface area contributed by atoms with Crippen molar-refractivity contribution in [1.82, 2.24) is 15.5 Å². The number of carbonyl (C=O) groups excluding carboxylic acids is 1. The van der Waals surface area contributed by atoms with Gasteiger partial charge in [0.05, 0.1) is 5.54 Å². The molecule has 0 aliphatic heterocycles. The second-order valence-corrected chi connectivity index (χ2v) is 5.44. The molecule has 1 aliphatic carbocycles. The lowest BCUT2D eigenvalue weighted by Gasteiger charge is -2.14. The van der Waals surface area contributed by atoms with Crippen molar-refractivity contribution < 1.29 is 4.79 Å². The van der Waals surface area contributed by atoms with E-state index in [0.717, 1.165) is 29.1 Å². The van der Waals surface area contributed by atoms with Crippen molar-refractivity contribution in [3.05, 3.63) is 29.8 Å². The molecule has 0 bridgehead atoms. The standard InChI is InChI=1S/C13H14N4OS/c1-14-13(6-7-13)12(18)16-10-4-2-9(3-5-10)11-17-15-8-19-11/h2-5,8,14H,6-7H2,1H3,(H,16,18). The van der Waals surface area contributed by atoms with Crippen LogP contribution in [0.15, 0.2) is 29.8 Å². The van der Waals surface area contributed by atoms with Crippen molar-refractivity contribution in [2.75, 3.05) is 12.4 Å². The van der Waals surface area contributed by atoms with Crippen LogP contribution < -0.4 is 10.6 Å². The molecular weight excluding hydrogens is 260 g/mol. The molecule has 1 aromatic heterocycles. The number of benzene rings is 1. The van der Waals surface area contributed by atoms with E-state index >= 15 is 0 Å². The van der Waals surface area contributed by atoms with Gasteiger partial charge in [0.15, 0.2) is 0 Å². The molecule has 1 saturated carbocycles. The lowest BCUT2D eigenvalue weighted by molar-refractivity contribution is -0.118. The highest BCUT2D eigenvalue weighted by Gasteiger charge is 2.48. The minimum atomic E-state index is -0.349. The maximum absolute atomic E-state index is 12.0. The lowest BCUT2D eigenvalue weighted by Crippen LogP contribution is -2.40. The third-order valence-corrected chi connectivity index (χ3v) is 4.15. The molecule has 0 saturated heterocycles. The molecule has 1 aromatic carbocycles. The Kier molecular flexibility index (Phi) is 3.04. The largest absolute Gasteiger partial charge is 0.324 e. The monoisotopic (exact) mass is 274 g/mol. The number of carbonyl (C=O) groups is 1. The Morgan fingerprint density at radius 1 is 1.32 bits per heavy atom. The molecule has 0 radical (unpaired) electrons. The van der Waals surface area contributed by atoms with Gasteiger partial charge in [0.25, 0.3) is 0 Å². The van der Waals surface area contributed by atoms with Gasteiger partial charge < -0.3 is 10.6 Å². The van der Waals surface area contributed by atoms with Crippen LogP contribution in [0.3, 0.4) is 0 Å². The fourth-order valence-electron chi connectivity index (χ4n) is 1.96. The van der Waals surface area contributed by atoms with Gasteiger partial charge in [-0.05, 0) is 44.2 Å². The van der Waals surface area contributed by atoms with E-state index < -0.39 is 0 Å². The van der Waals surface area contributed by atoms with Crippen molar-refractivity contribution in [3.8, 4) is 10.6 Å². The summed E-state index contributed by atoms with van der Waals surface area (Å²) in [4.78, 5) is 12.0. The van der Waals surface area contributed by atoms with E-state index in [-0.39, 0.29) is 11.4 Å². The number of rotatable bonds is 4. The van der Waals surface area contributed by atoms with Crippen molar-refractivity contribution in [2.24, 2.45) is 0 Å². The van der Waals surface area contributed by atoms with Crippen molar-refractivity contribution in [2.45, 2.75) is 18.4 Å². The second-order valence-electron chi connectivity index (χ2n) is 4.61. The summed E-state index contributed by atoms with van der Waals surface area (Å²) in [5.74, 6) is 0.0404. The zero-order valence-corrected chi connectivity index (χ0v) is 11.3. The molecule has 6 heteroatoms. The highest BCUT2D eigenvalue weighted by molar-refractivity contribution is 7.12. The van der Waals surface area contributed by atoms with E-state index in [1.165, 1.54) is 11.3 Å². The van der Waals surface area contributed by atoms with Gasteiger partial charge >= 0.3 is 0 Å². The number of likely N-dealkylation sites (N-methyl/N-ethyl adjacent to an activating group) is 1. The number of nitrogens with zero attached hydrogens (tertiary/aromatic N) is 2. The molecule has 19 heavy (non-hydrogen) atoms. The minimum Gasteiger partial charge on any atom is -0.324 e. The number of amides is 1. The van der Waals surface area contributed by atoms with E-state index in [1.54, 1.807) is 5.51 Å². The Balaban J connectivity index is 1.71. The number of nitrogens with one attached hydrogen (secondary N) is 2. The Morgan fingerprint density at radius 3 is 2.58 bits per heavy atom. The van der Waals surface area contributed by atoms with E-state index in [1.807, 2.05) is 31.3 Å². The van der Waals surface area contributed by atoms with Crippen LogP contribution in [0.5, 0.6) is 0 Å². The van der Waals surface area contributed by atoms with Crippen LogP contribution in [0, 0.1) is 0 Å². The molecule has 1 aliphatic rings. The molecule has 1 heterocycles. The summed E-state index contributed by atoms with van der Waals surface area (Å²) in [5.41, 5.74) is 3.17. The smallest absolute Gasteiger partial charge is 0.244 e. The first-order chi connectivity index (χ1) is 9.23. The molecule has 2 aromatic rings. The van der Waals surface area contributed by atoms with Crippen molar-refractivity contribution in [3.63, 3.8) is 0 Å². The minimum absolute atomic E-state index is 0.0404. The number of hydrogen-bond acceptors (Lipinski definition) is 5. The average Bonchev–Trinajstić information content (AvgIpc) is 3.06. The SMILES string of the molecule is CNC1(C(=O)Nc2ccc(-c3nncs3)cc2)CC1. The number of aromatic nitrogens is 2. The summed E-state index contributed by atoms with van der Waals surface area (Å²) < 4.78 is 0. The maximum atomic E-state index is 12.0. The van der Waals surface area contributed by atoms with Gasteiger partial charge in [-0.1, -0.05) is 11.3 Å². The fraction of sp³-hybridized carbons (Fsp3) is 0.308. The Hall–Kier alpha value is -1.79. The van der Waals surface area contributed by atoms with E-state index in [2.05, 4.69) is 20.8 Å². The van der Waals surface area contributed by atoms with Gasteiger partial charge in [-0.25, -0.2) is 0 Å². The lowest BCUT2D eigenvalue weighted by atomic mass is 10.2. The molecule has 98 valence electrons. The predicted octanol–water partition coefficient (Wildman–Crippen LogP) is 1.90. The fourth-order valence-corrected chi connectivity index (χ4v) is 2.52. The molecule has 0 atom stereocenters. The van der Waals surface area contributed by atoms with Gasteiger partial charge in [-0.15, -0.1) is 10.2 Å². The summed E-state index contributed by atoms with van der Waals surface area (Å²) in [7, 11) is 1.82. The second kappa shape index (κ2) is 4.71. The Labute approximate surface area is 115 Å². The first-order valence-electron chi connectivity index (χ1n) is 6.10. The van der Waals surface area contributed by atoms with Crippen molar-refractivity contribution in [1.29, 1.82) is 0 Å². The first-order valence-corrected chi connectivity index (χ1v) is 6.98. The molecular formula is C13H14N4OS. The summed E-state index contributed by atoms with van der Waals surface area (Å²) in [6.45, 7) is 0. The molecule has 3 rings (SSSR count). The average molecular weight is 274 g/mol. The van der Waals surface area contributed by atoms with E-state index in [9.17, 15) is 4.79 Å². The maximum Gasteiger partial charge on any atom is 0.244 e. The number of hydrogen-bond donors (Lipinski definition) is 2. The summed E-state index contributed by atoms with van der Waals surface area (Å²) >= 11 is 1.49. The van der Waals surface area contributed by atoms with Gasteiger partial charge in [-0.2, -0.15) is 0 Å². The summed E-state index contributed by atoms with van der Waals surface area (Å²) in [6.07, 6.45) is 1.80. The third kappa shape index (κ3) is 2.36. The quantitative estimate of drug-likeness (QED) is 0.893. The predicted molar refractivity (Wildman–Crippen MR) is 75.0 cm³/mol. The highest BCUT2D eigenvalue weighted by atomic mass is 32.1. The van der Waals surface area contributed by atoms with Gasteiger partial charge in [0.1, 0.15) is 10.5 Å². The normalized spacial score (nSPS) is 16.1. The zero-order chi connectivity index (χ0) is 13.3. The number of anilines is 1. The van der Waals surface area contributed by atoms with E-state index in [0.29, 0.717) is 0 Å². The van der Waals surface area contributed by atoms with Gasteiger partial charge in [0, 0.05) is 11.3 Å². The third-order valence-electron chi connectivity index (χ3n) is 3.41. The summed E-state index contributed by atoms with van der Waals surface area (Å²) in [6, 6.07) is 7.66. The van der Waals surface area contributed by atoms with Crippen LogP contribution >= 0.6 is 11.3 Å². The molecule has 1 fully saturated rings. The van der Waals surface area contributed by atoms with Crippen LogP contribution in [-0.2, 0) is 4.79 Å². The molecule has 0 unspecified atom stereocenters. The Bertz CT molecular complexity index is 575. The molecule has 2 N–H and O–H groups in total. The topological polar surface area (TPSA) is 66.9 Å². The molecule has 0 spiro atoms. The van der Waals surface area contributed by atoms with Gasteiger partial charge in [-0.3, -0.25) is 4.79 Å². The summed E-state index contributed by atoms with van der Waals surface area (Å²) in [5, 5.41) is 14.7. The van der Waals surface area contributed by atoms with Crippen LogP contribution in [0.1, 0.15) is 12.8 Å².